The van der Waals surface area contributed by atoms with Gasteiger partial charge in [0.25, 0.3) is 0 Å². The van der Waals surface area contributed by atoms with Gasteiger partial charge in [-0.15, -0.1) is 0 Å². The Morgan fingerprint density at radius 1 is 1.32 bits per heavy atom. The fraction of sp³-hybridized carbons (Fsp3) is 0.500. The number of aliphatic hydroxyl groups excluding tert-OH is 1. The quantitative estimate of drug-likeness (QED) is 0.828. The number of fused-ring (bicyclic) bond motifs is 1. The first-order chi connectivity index (χ1) is 9.05. The highest BCUT2D eigenvalue weighted by Crippen LogP contribution is 2.38. The van der Waals surface area contributed by atoms with Crippen molar-refractivity contribution in [1.82, 2.24) is 0 Å². The molecule has 0 bridgehead atoms. The number of benzene rings is 1. The Morgan fingerprint density at radius 3 is 2.79 bits per heavy atom. The second kappa shape index (κ2) is 5.76. The SMILES string of the molecule is COCCCC1=CC(C)(C)Oc2ccc(CO)cc21. The van der Waals surface area contributed by atoms with Gasteiger partial charge in [0.15, 0.2) is 0 Å². The first-order valence-electron chi connectivity index (χ1n) is 6.69. The largest absolute Gasteiger partial charge is 0.483 e. The number of rotatable bonds is 5. The molecule has 2 rings (SSSR count). The summed E-state index contributed by atoms with van der Waals surface area (Å²) in [6.45, 7) is 4.94. The van der Waals surface area contributed by atoms with E-state index >= 15 is 0 Å². The molecule has 0 amide bonds. The monoisotopic (exact) mass is 262 g/mol. The van der Waals surface area contributed by atoms with Crippen LogP contribution in [0.3, 0.4) is 0 Å². The van der Waals surface area contributed by atoms with Crippen molar-refractivity contribution in [3.8, 4) is 5.75 Å². The molecule has 104 valence electrons. The minimum absolute atomic E-state index is 0.0576. The van der Waals surface area contributed by atoms with Gasteiger partial charge < -0.3 is 14.6 Å². The fourth-order valence-electron chi connectivity index (χ4n) is 2.44. The third-order valence-electron chi connectivity index (χ3n) is 3.26. The summed E-state index contributed by atoms with van der Waals surface area (Å²) in [7, 11) is 1.72. The average molecular weight is 262 g/mol. The van der Waals surface area contributed by atoms with Gasteiger partial charge in [-0.05, 0) is 56.0 Å². The third-order valence-corrected chi connectivity index (χ3v) is 3.26. The van der Waals surface area contributed by atoms with Crippen molar-refractivity contribution in [3.63, 3.8) is 0 Å². The molecular formula is C16H22O3. The summed E-state index contributed by atoms with van der Waals surface area (Å²) in [5, 5.41) is 9.26. The first-order valence-corrected chi connectivity index (χ1v) is 6.69. The van der Waals surface area contributed by atoms with Gasteiger partial charge in [-0.2, -0.15) is 0 Å². The van der Waals surface area contributed by atoms with E-state index in [0.29, 0.717) is 0 Å². The Morgan fingerprint density at radius 2 is 2.11 bits per heavy atom. The summed E-state index contributed by atoms with van der Waals surface area (Å²) in [5.74, 6) is 0.900. The zero-order chi connectivity index (χ0) is 13.9. The lowest BCUT2D eigenvalue weighted by atomic mass is 9.91. The molecule has 0 spiro atoms. The van der Waals surface area contributed by atoms with Crippen molar-refractivity contribution in [3.05, 3.63) is 35.4 Å². The summed E-state index contributed by atoms with van der Waals surface area (Å²) in [6.07, 6.45) is 4.12. The van der Waals surface area contributed by atoms with Crippen molar-refractivity contribution in [2.45, 2.75) is 38.9 Å². The van der Waals surface area contributed by atoms with E-state index in [0.717, 1.165) is 36.3 Å². The molecule has 0 fully saturated rings. The number of aliphatic hydroxyl groups is 1. The van der Waals surface area contributed by atoms with E-state index in [2.05, 4.69) is 19.9 Å². The van der Waals surface area contributed by atoms with Gasteiger partial charge in [-0.1, -0.05) is 6.07 Å². The summed E-state index contributed by atoms with van der Waals surface area (Å²) < 4.78 is 11.1. The van der Waals surface area contributed by atoms with Crippen molar-refractivity contribution in [1.29, 1.82) is 0 Å². The van der Waals surface area contributed by atoms with Gasteiger partial charge in [0.2, 0.25) is 0 Å². The van der Waals surface area contributed by atoms with Crippen LogP contribution in [0.25, 0.3) is 5.57 Å². The molecule has 3 heteroatoms. The first kappa shape index (κ1) is 14.1. The lowest BCUT2D eigenvalue weighted by Crippen LogP contribution is -2.29. The standard InChI is InChI=1S/C16H22O3/c1-16(2)10-13(5-4-8-18-3)14-9-12(11-17)6-7-15(14)19-16/h6-7,9-10,17H,4-5,8,11H2,1-3H3. The molecule has 0 saturated heterocycles. The van der Waals surface area contributed by atoms with Gasteiger partial charge >= 0.3 is 0 Å². The lowest BCUT2D eigenvalue weighted by molar-refractivity contribution is 0.157. The summed E-state index contributed by atoms with van der Waals surface area (Å²) in [6, 6.07) is 5.88. The molecule has 1 aromatic carbocycles. The fourth-order valence-corrected chi connectivity index (χ4v) is 2.44. The van der Waals surface area contributed by atoms with E-state index in [4.69, 9.17) is 9.47 Å². The van der Waals surface area contributed by atoms with Crippen LogP contribution >= 0.6 is 0 Å². The third kappa shape index (κ3) is 3.37. The molecule has 1 aliphatic heterocycles. The Kier molecular flexibility index (Phi) is 4.27. The molecule has 0 unspecified atom stereocenters. The molecule has 1 aromatic rings. The molecule has 1 aliphatic rings. The van der Waals surface area contributed by atoms with Crippen molar-refractivity contribution < 1.29 is 14.6 Å². The molecule has 0 radical (unpaired) electrons. The van der Waals surface area contributed by atoms with Crippen LogP contribution in [0, 0.1) is 0 Å². The van der Waals surface area contributed by atoms with Crippen LogP contribution in [0.2, 0.25) is 0 Å². The highest BCUT2D eigenvalue weighted by atomic mass is 16.5. The van der Waals surface area contributed by atoms with Crippen LogP contribution in [0.4, 0.5) is 0 Å². The Labute approximate surface area is 114 Å². The van der Waals surface area contributed by atoms with Gasteiger partial charge in [-0.3, -0.25) is 0 Å². The second-order valence-electron chi connectivity index (χ2n) is 5.46. The summed E-state index contributed by atoms with van der Waals surface area (Å²) >= 11 is 0. The second-order valence-corrected chi connectivity index (χ2v) is 5.46. The molecule has 0 atom stereocenters. The zero-order valence-corrected chi connectivity index (χ0v) is 11.9. The van der Waals surface area contributed by atoms with Crippen LogP contribution in [-0.2, 0) is 11.3 Å². The van der Waals surface area contributed by atoms with Crippen LogP contribution in [0.5, 0.6) is 5.75 Å². The highest BCUT2D eigenvalue weighted by molar-refractivity contribution is 5.73. The molecule has 1 heterocycles. The summed E-state index contributed by atoms with van der Waals surface area (Å²) in [5.41, 5.74) is 3.01. The van der Waals surface area contributed by atoms with E-state index in [1.165, 1.54) is 5.57 Å². The van der Waals surface area contributed by atoms with Gasteiger partial charge in [0, 0.05) is 19.3 Å². The Hall–Kier alpha value is -1.32. The van der Waals surface area contributed by atoms with E-state index in [1.807, 2.05) is 18.2 Å². The van der Waals surface area contributed by atoms with Crippen LogP contribution in [-0.4, -0.2) is 24.4 Å². The molecule has 3 nitrogen and oxygen atoms in total. The minimum Gasteiger partial charge on any atom is -0.483 e. The topological polar surface area (TPSA) is 38.7 Å². The number of methoxy groups -OCH3 is 1. The van der Waals surface area contributed by atoms with Gasteiger partial charge in [-0.25, -0.2) is 0 Å². The predicted octanol–water partition coefficient (Wildman–Crippen LogP) is 3.16. The smallest absolute Gasteiger partial charge is 0.128 e. The normalized spacial score (nSPS) is 16.5. The summed E-state index contributed by atoms with van der Waals surface area (Å²) in [4.78, 5) is 0. The van der Waals surface area contributed by atoms with Crippen molar-refractivity contribution in [2.75, 3.05) is 13.7 Å². The highest BCUT2D eigenvalue weighted by Gasteiger charge is 2.26. The minimum atomic E-state index is -0.282. The van der Waals surface area contributed by atoms with E-state index in [9.17, 15) is 5.11 Å². The molecule has 19 heavy (non-hydrogen) atoms. The predicted molar refractivity (Wildman–Crippen MR) is 76.2 cm³/mol. The van der Waals surface area contributed by atoms with Gasteiger partial charge in [0.05, 0.1) is 6.61 Å². The van der Waals surface area contributed by atoms with Crippen LogP contribution in [0.15, 0.2) is 24.3 Å². The van der Waals surface area contributed by atoms with E-state index in [1.54, 1.807) is 7.11 Å². The lowest BCUT2D eigenvalue weighted by Gasteiger charge is -2.31. The maximum atomic E-state index is 9.26. The number of ether oxygens (including phenoxy) is 2. The molecule has 1 N–H and O–H groups in total. The number of hydrogen-bond acceptors (Lipinski definition) is 3. The van der Waals surface area contributed by atoms with Crippen molar-refractivity contribution >= 4 is 5.57 Å². The molecule has 0 aliphatic carbocycles. The maximum Gasteiger partial charge on any atom is 0.128 e. The zero-order valence-electron chi connectivity index (χ0n) is 11.9. The van der Waals surface area contributed by atoms with Crippen molar-refractivity contribution in [2.24, 2.45) is 0 Å². The van der Waals surface area contributed by atoms with E-state index in [-0.39, 0.29) is 12.2 Å². The van der Waals surface area contributed by atoms with E-state index < -0.39 is 0 Å². The maximum absolute atomic E-state index is 9.26. The Bertz CT molecular complexity index is 475. The Balaban J connectivity index is 2.31. The average Bonchev–Trinajstić information content (AvgIpc) is 2.37. The molecule has 0 aromatic heterocycles. The molecule has 0 saturated carbocycles. The number of allylic oxidation sites excluding steroid dienone is 1. The van der Waals surface area contributed by atoms with Crippen LogP contribution < -0.4 is 4.74 Å². The number of hydrogen-bond donors (Lipinski definition) is 1. The molecular weight excluding hydrogens is 240 g/mol. The van der Waals surface area contributed by atoms with Gasteiger partial charge in [0.1, 0.15) is 11.4 Å². The van der Waals surface area contributed by atoms with Crippen LogP contribution in [0.1, 0.15) is 37.8 Å².